The molecule has 0 aliphatic carbocycles. The molecule has 2 rings (SSSR count). The number of aliphatic hydroxyl groups excluding tert-OH is 1. The predicted octanol–water partition coefficient (Wildman–Crippen LogP) is 0.706. The second-order valence-corrected chi connectivity index (χ2v) is 4.50. The molecule has 1 aromatic rings. The van der Waals surface area contributed by atoms with Crippen molar-refractivity contribution in [3.63, 3.8) is 0 Å². The van der Waals surface area contributed by atoms with E-state index in [0.717, 1.165) is 31.6 Å². The van der Waals surface area contributed by atoms with Crippen LogP contribution < -0.4 is 0 Å². The van der Waals surface area contributed by atoms with Crippen molar-refractivity contribution in [2.24, 2.45) is 0 Å². The van der Waals surface area contributed by atoms with Crippen LogP contribution in [0, 0.1) is 0 Å². The molecule has 4 heteroatoms. The van der Waals surface area contributed by atoms with Crippen molar-refractivity contribution in [3.05, 3.63) is 30.1 Å². The number of hydrogen-bond acceptors (Lipinski definition) is 4. The number of hydrogen-bond donors (Lipinski definition) is 1. The summed E-state index contributed by atoms with van der Waals surface area (Å²) >= 11 is 0. The van der Waals surface area contributed by atoms with E-state index in [1.54, 1.807) is 7.11 Å². The highest BCUT2D eigenvalue weighted by molar-refractivity contribution is 5.04. The van der Waals surface area contributed by atoms with Gasteiger partial charge in [0.05, 0.1) is 12.7 Å². The second kappa shape index (κ2) is 6.10. The number of nitrogens with zero attached hydrogens (tertiary/aromatic N) is 2. The molecule has 94 valence electrons. The van der Waals surface area contributed by atoms with E-state index in [1.165, 1.54) is 0 Å². The van der Waals surface area contributed by atoms with Gasteiger partial charge in [-0.1, -0.05) is 6.07 Å². The number of methoxy groups -OCH3 is 1. The van der Waals surface area contributed by atoms with Crippen LogP contribution in [0.1, 0.15) is 12.1 Å². The van der Waals surface area contributed by atoms with Crippen LogP contribution in [0.15, 0.2) is 24.4 Å². The third-order valence-electron chi connectivity index (χ3n) is 3.41. The van der Waals surface area contributed by atoms with Crippen LogP contribution in [0.2, 0.25) is 0 Å². The highest BCUT2D eigenvalue weighted by Crippen LogP contribution is 2.19. The van der Waals surface area contributed by atoms with Gasteiger partial charge in [0.1, 0.15) is 0 Å². The van der Waals surface area contributed by atoms with Crippen LogP contribution in [0.5, 0.6) is 0 Å². The molecule has 17 heavy (non-hydrogen) atoms. The molecule has 1 fully saturated rings. The van der Waals surface area contributed by atoms with Crippen LogP contribution in [0.3, 0.4) is 0 Å². The van der Waals surface area contributed by atoms with Gasteiger partial charge in [-0.05, 0) is 18.6 Å². The summed E-state index contributed by atoms with van der Waals surface area (Å²) in [6.07, 6.45) is 3.93. The summed E-state index contributed by atoms with van der Waals surface area (Å²) in [7, 11) is 1.74. The monoisotopic (exact) mass is 236 g/mol. The summed E-state index contributed by atoms with van der Waals surface area (Å²) in [6, 6.07) is 6.21. The van der Waals surface area contributed by atoms with Gasteiger partial charge in [-0.2, -0.15) is 0 Å². The molecule has 2 heterocycles. The van der Waals surface area contributed by atoms with Crippen LogP contribution >= 0.6 is 0 Å². The molecule has 0 aromatic carbocycles. The standard InChI is InChI=1S/C13H20N2O2/c1-17-13-8-12(10-16)15(9-13)7-5-11-4-2-3-6-14-11/h2-4,6,12-13,16H,5,7-10H2,1H3/t12-,13-/m0/s1. The fourth-order valence-corrected chi connectivity index (χ4v) is 2.38. The maximum absolute atomic E-state index is 9.33. The van der Waals surface area contributed by atoms with E-state index in [0.29, 0.717) is 0 Å². The first kappa shape index (κ1) is 12.5. The normalized spacial score (nSPS) is 25.3. The molecule has 1 aliphatic heterocycles. The molecule has 0 saturated carbocycles. The summed E-state index contributed by atoms with van der Waals surface area (Å²) in [5, 5.41) is 9.33. The van der Waals surface area contributed by atoms with Crippen molar-refractivity contribution < 1.29 is 9.84 Å². The Bertz CT molecular complexity index is 331. The highest BCUT2D eigenvalue weighted by Gasteiger charge is 2.30. The first-order valence-corrected chi connectivity index (χ1v) is 6.11. The van der Waals surface area contributed by atoms with Gasteiger partial charge < -0.3 is 9.84 Å². The molecule has 0 spiro atoms. The maximum atomic E-state index is 9.33. The molecule has 2 atom stereocenters. The van der Waals surface area contributed by atoms with E-state index in [4.69, 9.17) is 4.74 Å². The van der Waals surface area contributed by atoms with E-state index in [1.807, 2.05) is 24.4 Å². The summed E-state index contributed by atoms with van der Waals surface area (Å²) < 4.78 is 5.36. The Morgan fingerprint density at radius 3 is 3.06 bits per heavy atom. The largest absolute Gasteiger partial charge is 0.395 e. The lowest BCUT2D eigenvalue weighted by molar-refractivity contribution is 0.108. The Balaban J connectivity index is 1.86. The Labute approximate surface area is 102 Å². The fourth-order valence-electron chi connectivity index (χ4n) is 2.38. The third kappa shape index (κ3) is 3.25. The van der Waals surface area contributed by atoms with Gasteiger partial charge in [-0.15, -0.1) is 0 Å². The minimum atomic E-state index is 0.210. The number of likely N-dealkylation sites (tertiary alicyclic amines) is 1. The summed E-state index contributed by atoms with van der Waals surface area (Å²) in [5.74, 6) is 0. The smallest absolute Gasteiger partial charge is 0.0714 e. The van der Waals surface area contributed by atoms with Gasteiger partial charge in [-0.3, -0.25) is 9.88 Å². The average Bonchev–Trinajstić information content (AvgIpc) is 2.80. The molecule has 1 N–H and O–H groups in total. The molecule has 1 aliphatic rings. The topological polar surface area (TPSA) is 45.6 Å². The zero-order valence-corrected chi connectivity index (χ0v) is 10.2. The van der Waals surface area contributed by atoms with E-state index in [2.05, 4.69) is 9.88 Å². The summed E-state index contributed by atoms with van der Waals surface area (Å²) in [6.45, 7) is 2.05. The van der Waals surface area contributed by atoms with E-state index in [9.17, 15) is 5.11 Å². The number of rotatable bonds is 5. The molecule has 0 bridgehead atoms. The highest BCUT2D eigenvalue weighted by atomic mass is 16.5. The van der Waals surface area contributed by atoms with Gasteiger partial charge in [-0.25, -0.2) is 0 Å². The van der Waals surface area contributed by atoms with Gasteiger partial charge in [0, 0.05) is 44.6 Å². The second-order valence-electron chi connectivity index (χ2n) is 4.50. The lowest BCUT2D eigenvalue weighted by atomic mass is 10.2. The summed E-state index contributed by atoms with van der Waals surface area (Å²) in [4.78, 5) is 6.60. The Kier molecular flexibility index (Phi) is 4.48. The maximum Gasteiger partial charge on any atom is 0.0714 e. The van der Waals surface area contributed by atoms with E-state index >= 15 is 0 Å². The van der Waals surface area contributed by atoms with Gasteiger partial charge in [0.25, 0.3) is 0 Å². The van der Waals surface area contributed by atoms with E-state index in [-0.39, 0.29) is 18.8 Å². The number of pyridine rings is 1. The van der Waals surface area contributed by atoms with Crippen molar-refractivity contribution in [2.75, 3.05) is 26.8 Å². The Morgan fingerprint density at radius 1 is 1.53 bits per heavy atom. The zero-order valence-electron chi connectivity index (χ0n) is 10.2. The minimum Gasteiger partial charge on any atom is -0.395 e. The number of aliphatic hydroxyl groups is 1. The third-order valence-corrected chi connectivity index (χ3v) is 3.41. The Morgan fingerprint density at radius 2 is 2.41 bits per heavy atom. The Hall–Kier alpha value is -0.970. The lowest BCUT2D eigenvalue weighted by Gasteiger charge is -2.21. The van der Waals surface area contributed by atoms with Crippen LogP contribution in [0.25, 0.3) is 0 Å². The lowest BCUT2D eigenvalue weighted by Crippen LogP contribution is -2.34. The average molecular weight is 236 g/mol. The molecular formula is C13H20N2O2. The van der Waals surface area contributed by atoms with Gasteiger partial charge in [0.2, 0.25) is 0 Å². The fraction of sp³-hybridized carbons (Fsp3) is 0.615. The van der Waals surface area contributed by atoms with Crippen molar-refractivity contribution in [1.82, 2.24) is 9.88 Å². The number of aromatic nitrogens is 1. The van der Waals surface area contributed by atoms with Crippen LogP contribution in [-0.2, 0) is 11.2 Å². The zero-order chi connectivity index (χ0) is 12.1. The SMILES string of the molecule is CO[C@H]1C[C@@H](CO)N(CCc2ccccn2)C1. The first-order valence-electron chi connectivity index (χ1n) is 6.11. The van der Waals surface area contributed by atoms with Crippen molar-refractivity contribution in [2.45, 2.75) is 25.0 Å². The molecule has 0 amide bonds. The van der Waals surface area contributed by atoms with E-state index < -0.39 is 0 Å². The van der Waals surface area contributed by atoms with Gasteiger partial charge in [0.15, 0.2) is 0 Å². The predicted molar refractivity (Wildman–Crippen MR) is 65.8 cm³/mol. The van der Waals surface area contributed by atoms with Crippen molar-refractivity contribution in [1.29, 1.82) is 0 Å². The minimum absolute atomic E-state index is 0.210. The molecule has 0 radical (unpaired) electrons. The first-order chi connectivity index (χ1) is 8.33. The number of ether oxygens (including phenoxy) is 1. The molecule has 4 nitrogen and oxygen atoms in total. The van der Waals surface area contributed by atoms with Crippen LogP contribution in [-0.4, -0.2) is 53.9 Å². The van der Waals surface area contributed by atoms with Crippen molar-refractivity contribution in [3.8, 4) is 0 Å². The molecule has 1 aromatic heterocycles. The molecule has 1 saturated heterocycles. The van der Waals surface area contributed by atoms with Gasteiger partial charge >= 0.3 is 0 Å². The summed E-state index contributed by atoms with van der Waals surface area (Å²) in [5.41, 5.74) is 1.10. The molecular weight excluding hydrogens is 216 g/mol. The van der Waals surface area contributed by atoms with Crippen molar-refractivity contribution >= 4 is 0 Å². The quantitative estimate of drug-likeness (QED) is 0.817. The van der Waals surface area contributed by atoms with Crippen LogP contribution in [0.4, 0.5) is 0 Å². The molecule has 0 unspecified atom stereocenters.